The number of amides is 4. The predicted octanol–water partition coefficient (Wildman–Crippen LogP) is 0.214. The normalized spacial score (nSPS) is 20.7. The Kier molecular flexibility index (Phi) is 3.41. The van der Waals surface area contributed by atoms with Crippen molar-refractivity contribution in [2.75, 3.05) is 13.2 Å². The van der Waals surface area contributed by atoms with Gasteiger partial charge in [-0.1, -0.05) is 12.1 Å². The third kappa shape index (κ3) is 3.26. The molecule has 2 aliphatic heterocycles. The first-order valence-corrected chi connectivity index (χ1v) is 6.34. The SMILES string of the molecule is O=C1NC(=O)C(=Cc2ccc(OC[C@@H]3CO3)cc2)C(=O)N1. The van der Waals surface area contributed by atoms with Crippen LogP contribution < -0.4 is 15.4 Å². The van der Waals surface area contributed by atoms with Crippen LogP contribution in [0.1, 0.15) is 5.56 Å². The number of nitrogens with one attached hydrogen (secondary N) is 2. The van der Waals surface area contributed by atoms with Crippen molar-refractivity contribution in [3.63, 3.8) is 0 Å². The van der Waals surface area contributed by atoms with Crippen molar-refractivity contribution < 1.29 is 23.9 Å². The van der Waals surface area contributed by atoms with Crippen molar-refractivity contribution >= 4 is 23.9 Å². The van der Waals surface area contributed by atoms with Gasteiger partial charge in [-0.3, -0.25) is 20.2 Å². The molecule has 0 unspecified atom stereocenters. The fraction of sp³-hybridized carbons (Fsp3) is 0.214. The second-order valence-corrected chi connectivity index (χ2v) is 4.63. The number of urea groups is 1. The highest BCUT2D eigenvalue weighted by molar-refractivity contribution is 6.31. The van der Waals surface area contributed by atoms with Crippen LogP contribution in [0.4, 0.5) is 4.79 Å². The first kappa shape index (κ1) is 13.3. The number of imide groups is 2. The number of benzene rings is 1. The van der Waals surface area contributed by atoms with E-state index in [1.54, 1.807) is 24.3 Å². The van der Waals surface area contributed by atoms with Gasteiger partial charge in [-0.25, -0.2) is 4.79 Å². The smallest absolute Gasteiger partial charge is 0.328 e. The number of carbonyl (C=O) groups excluding carboxylic acids is 3. The van der Waals surface area contributed by atoms with Gasteiger partial charge >= 0.3 is 6.03 Å². The van der Waals surface area contributed by atoms with Gasteiger partial charge in [0.15, 0.2) is 0 Å². The summed E-state index contributed by atoms with van der Waals surface area (Å²) in [5.74, 6) is -0.745. The highest BCUT2D eigenvalue weighted by atomic mass is 16.6. The van der Waals surface area contributed by atoms with E-state index in [0.29, 0.717) is 17.9 Å². The predicted molar refractivity (Wildman–Crippen MR) is 71.3 cm³/mol. The molecule has 0 bridgehead atoms. The van der Waals surface area contributed by atoms with Gasteiger partial charge in [-0.2, -0.15) is 0 Å². The molecule has 4 amide bonds. The van der Waals surface area contributed by atoms with E-state index in [4.69, 9.17) is 9.47 Å². The molecule has 2 aliphatic rings. The molecule has 0 radical (unpaired) electrons. The summed E-state index contributed by atoms with van der Waals surface area (Å²) >= 11 is 0. The molecule has 108 valence electrons. The Morgan fingerprint density at radius 3 is 2.33 bits per heavy atom. The second-order valence-electron chi connectivity index (χ2n) is 4.63. The molecular formula is C14H12N2O5. The third-order valence-corrected chi connectivity index (χ3v) is 2.97. The Hall–Kier alpha value is -2.67. The lowest BCUT2D eigenvalue weighted by atomic mass is 10.1. The van der Waals surface area contributed by atoms with Crippen LogP contribution in [-0.2, 0) is 14.3 Å². The van der Waals surface area contributed by atoms with Gasteiger partial charge in [0.1, 0.15) is 24.0 Å². The van der Waals surface area contributed by atoms with Crippen molar-refractivity contribution in [3.05, 3.63) is 35.4 Å². The van der Waals surface area contributed by atoms with Gasteiger partial charge in [0.2, 0.25) is 0 Å². The van der Waals surface area contributed by atoms with E-state index in [9.17, 15) is 14.4 Å². The summed E-state index contributed by atoms with van der Waals surface area (Å²) in [7, 11) is 0. The zero-order chi connectivity index (χ0) is 14.8. The van der Waals surface area contributed by atoms with Crippen LogP contribution in [0.25, 0.3) is 6.08 Å². The lowest BCUT2D eigenvalue weighted by Crippen LogP contribution is -2.51. The molecule has 1 atom stereocenters. The molecule has 21 heavy (non-hydrogen) atoms. The van der Waals surface area contributed by atoms with Gasteiger partial charge in [0.25, 0.3) is 11.8 Å². The third-order valence-electron chi connectivity index (χ3n) is 2.97. The summed E-state index contributed by atoms with van der Waals surface area (Å²) in [5.41, 5.74) is 0.536. The monoisotopic (exact) mass is 288 g/mol. The molecule has 2 saturated heterocycles. The van der Waals surface area contributed by atoms with E-state index in [1.807, 2.05) is 10.6 Å². The molecule has 7 nitrogen and oxygen atoms in total. The van der Waals surface area contributed by atoms with Crippen LogP contribution >= 0.6 is 0 Å². The molecule has 1 aromatic carbocycles. The number of ether oxygens (including phenoxy) is 2. The largest absolute Gasteiger partial charge is 0.491 e. The van der Waals surface area contributed by atoms with E-state index in [1.165, 1.54) is 6.08 Å². The number of hydrogen-bond acceptors (Lipinski definition) is 5. The summed E-state index contributed by atoms with van der Waals surface area (Å²) in [5, 5.41) is 4.03. The summed E-state index contributed by atoms with van der Waals surface area (Å²) in [6, 6.07) is 6.09. The Morgan fingerprint density at radius 1 is 1.14 bits per heavy atom. The van der Waals surface area contributed by atoms with Crippen LogP contribution in [0.15, 0.2) is 29.8 Å². The van der Waals surface area contributed by atoms with Crippen molar-refractivity contribution in [1.82, 2.24) is 10.6 Å². The van der Waals surface area contributed by atoms with E-state index in [2.05, 4.69) is 0 Å². The van der Waals surface area contributed by atoms with E-state index in [0.717, 1.165) is 6.61 Å². The topological polar surface area (TPSA) is 97.0 Å². The molecule has 0 aromatic heterocycles. The standard InChI is InChI=1S/C14H12N2O5/c17-12-11(13(18)16-14(19)15-12)5-8-1-3-9(4-2-8)20-6-10-7-21-10/h1-5,10H,6-7H2,(H2,15,16,17,18,19)/t10-/m1/s1. The van der Waals surface area contributed by atoms with Gasteiger partial charge in [0, 0.05) is 0 Å². The van der Waals surface area contributed by atoms with Gasteiger partial charge < -0.3 is 9.47 Å². The Bertz CT molecular complexity index is 609. The highest BCUT2D eigenvalue weighted by Crippen LogP contribution is 2.17. The second kappa shape index (κ2) is 5.37. The molecule has 2 N–H and O–H groups in total. The van der Waals surface area contributed by atoms with Gasteiger partial charge in [0.05, 0.1) is 6.61 Å². The quantitative estimate of drug-likeness (QED) is 0.469. The number of epoxide rings is 1. The number of barbiturate groups is 1. The number of hydrogen-bond donors (Lipinski definition) is 2. The Labute approximate surface area is 119 Å². The van der Waals surface area contributed by atoms with Crippen LogP contribution in [0.2, 0.25) is 0 Å². The van der Waals surface area contributed by atoms with Crippen molar-refractivity contribution in [1.29, 1.82) is 0 Å². The van der Waals surface area contributed by atoms with Crippen LogP contribution in [0, 0.1) is 0 Å². The zero-order valence-corrected chi connectivity index (χ0v) is 10.9. The fourth-order valence-corrected chi connectivity index (χ4v) is 1.79. The maximum atomic E-state index is 11.6. The molecule has 2 fully saturated rings. The average molecular weight is 288 g/mol. The van der Waals surface area contributed by atoms with Crippen LogP contribution in [0.3, 0.4) is 0 Å². The lowest BCUT2D eigenvalue weighted by Gasteiger charge is -2.13. The molecule has 0 aliphatic carbocycles. The molecule has 2 heterocycles. The first-order chi connectivity index (χ1) is 10.1. The highest BCUT2D eigenvalue weighted by Gasteiger charge is 2.27. The van der Waals surface area contributed by atoms with Crippen LogP contribution in [0.5, 0.6) is 5.75 Å². The maximum Gasteiger partial charge on any atom is 0.328 e. The molecular weight excluding hydrogens is 276 g/mol. The Morgan fingerprint density at radius 2 is 1.76 bits per heavy atom. The first-order valence-electron chi connectivity index (χ1n) is 6.34. The Balaban J connectivity index is 1.70. The lowest BCUT2D eigenvalue weighted by molar-refractivity contribution is -0.123. The molecule has 1 aromatic rings. The van der Waals surface area contributed by atoms with Crippen molar-refractivity contribution in [3.8, 4) is 5.75 Å². The maximum absolute atomic E-state index is 11.6. The van der Waals surface area contributed by atoms with Gasteiger partial charge in [-0.15, -0.1) is 0 Å². The molecule has 0 spiro atoms. The molecule has 7 heteroatoms. The van der Waals surface area contributed by atoms with E-state index in [-0.39, 0.29) is 11.7 Å². The zero-order valence-electron chi connectivity index (χ0n) is 10.9. The minimum Gasteiger partial charge on any atom is -0.491 e. The fourth-order valence-electron chi connectivity index (χ4n) is 1.79. The molecule has 0 saturated carbocycles. The van der Waals surface area contributed by atoms with Gasteiger partial charge in [-0.05, 0) is 23.8 Å². The molecule has 3 rings (SSSR count). The minimum atomic E-state index is -0.812. The van der Waals surface area contributed by atoms with Crippen molar-refractivity contribution in [2.24, 2.45) is 0 Å². The number of rotatable bonds is 4. The summed E-state index contributed by atoms with van der Waals surface area (Å²) in [6.07, 6.45) is 1.59. The van der Waals surface area contributed by atoms with E-state index >= 15 is 0 Å². The average Bonchev–Trinajstić information content (AvgIpc) is 3.26. The van der Waals surface area contributed by atoms with E-state index < -0.39 is 17.8 Å². The van der Waals surface area contributed by atoms with Crippen molar-refractivity contribution in [2.45, 2.75) is 6.10 Å². The summed E-state index contributed by atoms with van der Waals surface area (Å²) in [6.45, 7) is 1.24. The minimum absolute atomic E-state index is 0.116. The van der Waals surface area contributed by atoms with Crippen LogP contribution in [-0.4, -0.2) is 37.2 Å². The summed E-state index contributed by atoms with van der Waals surface area (Å²) in [4.78, 5) is 34.1. The number of carbonyl (C=O) groups is 3. The summed E-state index contributed by atoms with van der Waals surface area (Å²) < 4.78 is 10.5.